The molecule has 1 aliphatic rings. The molecule has 4 heteroatoms. The summed E-state index contributed by atoms with van der Waals surface area (Å²) < 4.78 is 5.19. The van der Waals surface area contributed by atoms with Gasteiger partial charge in [0.1, 0.15) is 5.75 Å². The van der Waals surface area contributed by atoms with Crippen molar-refractivity contribution in [3.8, 4) is 5.75 Å². The minimum atomic E-state index is 0.0898. The van der Waals surface area contributed by atoms with E-state index < -0.39 is 0 Å². The summed E-state index contributed by atoms with van der Waals surface area (Å²) >= 11 is 1.73. The molecule has 3 nitrogen and oxygen atoms in total. The fourth-order valence-corrected chi connectivity index (χ4v) is 2.91. The molecule has 1 aromatic rings. The van der Waals surface area contributed by atoms with Crippen molar-refractivity contribution in [2.45, 2.75) is 18.1 Å². The minimum Gasteiger partial charge on any atom is -0.495 e. The van der Waals surface area contributed by atoms with Gasteiger partial charge in [0.15, 0.2) is 0 Å². The zero-order valence-corrected chi connectivity index (χ0v) is 10.0. The Morgan fingerprint density at radius 1 is 1.50 bits per heavy atom. The van der Waals surface area contributed by atoms with Crippen molar-refractivity contribution in [1.29, 1.82) is 0 Å². The largest absolute Gasteiger partial charge is 0.495 e. The molecule has 1 amide bonds. The summed E-state index contributed by atoms with van der Waals surface area (Å²) in [5.41, 5.74) is 0.752. The minimum absolute atomic E-state index is 0.0898. The second kappa shape index (κ2) is 5.25. The quantitative estimate of drug-likeness (QED) is 0.878. The zero-order valence-electron chi connectivity index (χ0n) is 9.23. The number of thioether (sulfide) groups is 1. The van der Waals surface area contributed by atoms with Gasteiger partial charge in [0.05, 0.1) is 18.0 Å². The molecule has 86 valence electrons. The zero-order chi connectivity index (χ0) is 11.4. The predicted molar refractivity (Wildman–Crippen MR) is 67.1 cm³/mol. The van der Waals surface area contributed by atoms with Gasteiger partial charge in [-0.15, -0.1) is 11.8 Å². The summed E-state index contributed by atoms with van der Waals surface area (Å²) in [6.45, 7) is 0. The molecule has 1 aliphatic heterocycles. The molecule has 1 heterocycles. The van der Waals surface area contributed by atoms with Crippen molar-refractivity contribution in [2.24, 2.45) is 0 Å². The third kappa shape index (κ3) is 2.50. The lowest BCUT2D eigenvalue weighted by molar-refractivity contribution is -0.115. The van der Waals surface area contributed by atoms with E-state index in [1.165, 1.54) is 0 Å². The van der Waals surface area contributed by atoms with Crippen molar-refractivity contribution in [1.82, 2.24) is 0 Å². The number of ether oxygens (including phenoxy) is 1. The average Bonchev–Trinajstić information content (AvgIpc) is 2.83. The SMILES string of the molecule is COc1ccccc1NC(=O)C1CCCS1. The van der Waals surface area contributed by atoms with Gasteiger partial charge >= 0.3 is 0 Å². The maximum Gasteiger partial charge on any atom is 0.237 e. The third-order valence-corrected chi connectivity index (χ3v) is 3.96. The van der Waals surface area contributed by atoms with E-state index in [4.69, 9.17) is 4.74 Å². The topological polar surface area (TPSA) is 38.3 Å². The average molecular weight is 237 g/mol. The van der Waals surface area contributed by atoms with Crippen LogP contribution in [0.1, 0.15) is 12.8 Å². The van der Waals surface area contributed by atoms with Gasteiger partial charge in [-0.3, -0.25) is 4.79 Å². The Balaban J connectivity index is 2.05. The van der Waals surface area contributed by atoms with Gasteiger partial charge in [-0.25, -0.2) is 0 Å². The summed E-state index contributed by atoms with van der Waals surface area (Å²) in [6, 6.07) is 7.48. The molecule has 16 heavy (non-hydrogen) atoms. The van der Waals surface area contributed by atoms with E-state index in [2.05, 4.69) is 5.32 Å². The number of hydrogen-bond acceptors (Lipinski definition) is 3. The lowest BCUT2D eigenvalue weighted by Gasteiger charge is -2.12. The van der Waals surface area contributed by atoms with Crippen molar-refractivity contribution in [2.75, 3.05) is 18.2 Å². The highest BCUT2D eigenvalue weighted by Gasteiger charge is 2.23. The van der Waals surface area contributed by atoms with Gasteiger partial charge < -0.3 is 10.1 Å². The van der Waals surface area contributed by atoms with Crippen molar-refractivity contribution in [3.05, 3.63) is 24.3 Å². The molecule has 1 N–H and O–H groups in total. The smallest absolute Gasteiger partial charge is 0.237 e. The maximum absolute atomic E-state index is 11.9. The fraction of sp³-hybridized carbons (Fsp3) is 0.417. The van der Waals surface area contributed by atoms with Gasteiger partial charge in [-0.2, -0.15) is 0 Å². The molecule has 0 spiro atoms. The summed E-state index contributed by atoms with van der Waals surface area (Å²) in [5.74, 6) is 1.88. The Kier molecular flexibility index (Phi) is 3.72. The molecule has 0 bridgehead atoms. The second-order valence-corrected chi connectivity index (χ2v) is 5.00. The van der Waals surface area contributed by atoms with Crippen LogP contribution in [-0.4, -0.2) is 24.0 Å². The van der Waals surface area contributed by atoms with Crippen molar-refractivity contribution >= 4 is 23.4 Å². The normalized spacial score (nSPS) is 19.4. The molecular weight excluding hydrogens is 222 g/mol. The van der Waals surface area contributed by atoms with E-state index >= 15 is 0 Å². The summed E-state index contributed by atoms with van der Waals surface area (Å²) in [4.78, 5) is 11.9. The Morgan fingerprint density at radius 3 is 3.00 bits per heavy atom. The standard InChI is InChI=1S/C12H15NO2S/c1-15-10-6-3-2-5-9(10)13-12(14)11-7-4-8-16-11/h2-3,5-6,11H,4,7-8H2,1H3,(H,13,14). The Bertz CT molecular complexity index is 375. The third-order valence-electron chi connectivity index (χ3n) is 2.59. The molecule has 1 unspecified atom stereocenters. The van der Waals surface area contributed by atoms with Crippen LogP contribution in [0, 0.1) is 0 Å². The van der Waals surface area contributed by atoms with E-state index in [1.54, 1.807) is 18.9 Å². The van der Waals surface area contributed by atoms with Crippen LogP contribution in [-0.2, 0) is 4.79 Å². The van der Waals surface area contributed by atoms with E-state index in [-0.39, 0.29) is 11.2 Å². The molecule has 0 saturated carbocycles. The Labute approximate surface area is 99.6 Å². The maximum atomic E-state index is 11.9. The highest BCUT2D eigenvalue weighted by molar-refractivity contribution is 8.00. The number of anilines is 1. The van der Waals surface area contributed by atoms with Gasteiger partial charge in [-0.1, -0.05) is 12.1 Å². The van der Waals surface area contributed by atoms with Gasteiger partial charge in [0.2, 0.25) is 5.91 Å². The number of hydrogen-bond donors (Lipinski definition) is 1. The van der Waals surface area contributed by atoms with Crippen LogP contribution in [0.3, 0.4) is 0 Å². The van der Waals surface area contributed by atoms with Gasteiger partial charge in [0.25, 0.3) is 0 Å². The first kappa shape index (κ1) is 11.3. The number of benzene rings is 1. The number of carbonyl (C=O) groups is 1. The number of nitrogens with one attached hydrogen (secondary N) is 1. The van der Waals surface area contributed by atoms with Crippen molar-refractivity contribution in [3.63, 3.8) is 0 Å². The summed E-state index contributed by atoms with van der Waals surface area (Å²) in [6.07, 6.45) is 2.11. The van der Waals surface area contributed by atoms with Crippen LogP contribution in [0.25, 0.3) is 0 Å². The second-order valence-electron chi connectivity index (χ2n) is 3.69. The summed E-state index contributed by atoms with van der Waals surface area (Å²) in [5, 5.41) is 3.02. The van der Waals surface area contributed by atoms with E-state index in [1.807, 2.05) is 24.3 Å². The first-order valence-electron chi connectivity index (χ1n) is 5.37. The number of methoxy groups -OCH3 is 1. The van der Waals surface area contributed by atoms with Crippen LogP contribution >= 0.6 is 11.8 Å². The molecule has 1 aromatic carbocycles. The molecule has 0 aliphatic carbocycles. The number of para-hydroxylation sites is 2. The Hall–Kier alpha value is -1.16. The van der Waals surface area contributed by atoms with Gasteiger partial charge in [-0.05, 0) is 30.7 Å². The van der Waals surface area contributed by atoms with E-state index in [0.717, 1.165) is 24.3 Å². The molecule has 0 aromatic heterocycles. The van der Waals surface area contributed by atoms with Gasteiger partial charge in [0, 0.05) is 0 Å². The van der Waals surface area contributed by atoms with Crippen molar-refractivity contribution < 1.29 is 9.53 Å². The first-order valence-corrected chi connectivity index (χ1v) is 6.41. The van der Waals surface area contributed by atoms with Crippen LogP contribution in [0.2, 0.25) is 0 Å². The fourth-order valence-electron chi connectivity index (χ4n) is 1.75. The van der Waals surface area contributed by atoms with E-state index in [9.17, 15) is 4.79 Å². The molecule has 1 atom stereocenters. The first-order chi connectivity index (χ1) is 7.81. The number of rotatable bonds is 3. The van der Waals surface area contributed by atoms with Crippen LogP contribution in [0.4, 0.5) is 5.69 Å². The molecule has 2 rings (SSSR count). The van der Waals surface area contributed by atoms with E-state index in [0.29, 0.717) is 5.75 Å². The van der Waals surface area contributed by atoms with Crippen LogP contribution in [0.15, 0.2) is 24.3 Å². The molecular formula is C12H15NO2S. The summed E-state index contributed by atoms with van der Waals surface area (Å²) in [7, 11) is 1.61. The highest BCUT2D eigenvalue weighted by Crippen LogP contribution is 2.29. The molecule has 1 saturated heterocycles. The predicted octanol–water partition coefficient (Wildman–Crippen LogP) is 2.53. The highest BCUT2D eigenvalue weighted by atomic mass is 32.2. The molecule has 0 radical (unpaired) electrons. The van der Waals surface area contributed by atoms with Crippen LogP contribution in [0.5, 0.6) is 5.75 Å². The monoisotopic (exact) mass is 237 g/mol. The Morgan fingerprint density at radius 2 is 2.31 bits per heavy atom. The van der Waals surface area contributed by atoms with Crippen LogP contribution < -0.4 is 10.1 Å². The number of carbonyl (C=O) groups excluding carboxylic acids is 1. The molecule has 1 fully saturated rings. The number of amides is 1. The lowest BCUT2D eigenvalue weighted by Crippen LogP contribution is -2.23. The lowest BCUT2D eigenvalue weighted by atomic mass is 10.2.